The normalized spacial score (nSPS) is 27.0. The van der Waals surface area contributed by atoms with Crippen LogP contribution in [0.1, 0.15) is 19.3 Å². The van der Waals surface area contributed by atoms with Gasteiger partial charge in [-0.2, -0.15) is 0 Å². The lowest BCUT2D eigenvalue weighted by atomic mass is 9.81. The van der Waals surface area contributed by atoms with Crippen molar-refractivity contribution >= 4 is 7.12 Å². The summed E-state index contributed by atoms with van der Waals surface area (Å²) < 4.78 is 10.8. The molecule has 2 fully saturated rings. The van der Waals surface area contributed by atoms with Crippen molar-refractivity contribution in [2.45, 2.75) is 25.6 Å². The van der Waals surface area contributed by atoms with Crippen molar-refractivity contribution in [2.24, 2.45) is 5.92 Å². The Kier molecular flexibility index (Phi) is 1.96. The molecule has 1 saturated carbocycles. The third-order valence-corrected chi connectivity index (χ3v) is 2.12. The minimum absolute atomic E-state index is 0.140. The fraction of sp³-hybridized carbons (Fsp3) is 1.00. The van der Waals surface area contributed by atoms with Crippen molar-refractivity contribution in [3.8, 4) is 0 Å². The lowest BCUT2D eigenvalue weighted by Gasteiger charge is -2.19. The number of hydrogen-bond donors (Lipinski definition) is 0. The summed E-state index contributed by atoms with van der Waals surface area (Å²) >= 11 is 0. The lowest BCUT2D eigenvalue weighted by Crippen LogP contribution is -2.29. The van der Waals surface area contributed by atoms with Gasteiger partial charge in [0.15, 0.2) is 0 Å². The molecule has 1 aliphatic heterocycles. The van der Waals surface area contributed by atoms with E-state index in [1.54, 1.807) is 0 Å². The van der Waals surface area contributed by atoms with Gasteiger partial charge in [0.2, 0.25) is 0 Å². The smallest absolute Gasteiger partial charge is 0.411 e. The first-order valence-electron chi connectivity index (χ1n) is 4.18. The van der Waals surface area contributed by atoms with Crippen molar-refractivity contribution in [2.75, 3.05) is 13.2 Å². The summed E-state index contributed by atoms with van der Waals surface area (Å²) in [4.78, 5) is 0. The summed E-state index contributed by atoms with van der Waals surface area (Å²) in [6.07, 6.45) is 4.99. The first kappa shape index (κ1) is 6.68. The topological polar surface area (TPSA) is 18.5 Å². The van der Waals surface area contributed by atoms with Crippen LogP contribution in [0.4, 0.5) is 0 Å². The van der Waals surface area contributed by atoms with E-state index in [1.807, 2.05) is 0 Å². The maximum atomic E-state index is 5.41. The fourth-order valence-electron chi connectivity index (χ4n) is 1.30. The molecule has 1 heterocycles. The van der Waals surface area contributed by atoms with E-state index in [4.69, 9.17) is 9.31 Å². The molecule has 0 spiro atoms. The van der Waals surface area contributed by atoms with Crippen molar-refractivity contribution in [1.82, 2.24) is 0 Å². The Balaban J connectivity index is 1.69. The van der Waals surface area contributed by atoms with Gasteiger partial charge < -0.3 is 9.31 Å². The highest BCUT2D eigenvalue weighted by Gasteiger charge is 2.31. The average Bonchev–Trinajstić information content (AvgIpc) is 2.74. The number of hydrogen-bond acceptors (Lipinski definition) is 2. The van der Waals surface area contributed by atoms with Crippen molar-refractivity contribution in [1.29, 1.82) is 0 Å². The Labute approximate surface area is 62.0 Å². The summed E-state index contributed by atoms with van der Waals surface area (Å²) in [5.74, 6) is 0.920. The lowest BCUT2D eigenvalue weighted by molar-refractivity contribution is 0.133. The molecule has 2 rings (SSSR count). The van der Waals surface area contributed by atoms with E-state index in [-0.39, 0.29) is 7.12 Å². The Morgan fingerprint density at radius 1 is 1.20 bits per heavy atom. The van der Waals surface area contributed by atoms with Gasteiger partial charge in [-0.3, -0.25) is 0 Å². The summed E-state index contributed by atoms with van der Waals surface area (Å²) in [5.41, 5.74) is 0. The molecule has 2 aliphatic rings. The molecule has 10 heavy (non-hydrogen) atoms. The monoisotopic (exact) mass is 140 g/mol. The first-order chi connectivity index (χ1) is 4.95. The van der Waals surface area contributed by atoms with Crippen molar-refractivity contribution < 1.29 is 9.31 Å². The molecular weight excluding hydrogens is 127 g/mol. The molecule has 0 radical (unpaired) electrons. The molecule has 2 nitrogen and oxygen atoms in total. The molecule has 0 aromatic heterocycles. The van der Waals surface area contributed by atoms with Crippen LogP contribution in [0.15, 0.2) is 0 Å². The molecule has 0 N–H and O–H groups in total. The molecule has 0 bridgehead atoms. The summed E-state index contributed by atoms with van der Waals surface area (Å²) in [5, 5.41) is 0. The molecular formula is C7H13BO2. The third-order valence-electron chi connectivity index (χ3n) is 2.12. The van der Waals surface area contributed by atoms with Gasteiger partial charge in [0.05, 0.1) is 0 Å². The average molecular weight is 140 g/mol. The van der Waals surface area contributed by atoms with Gasteiger partial charge in [-0.1, -0.05) is 12.8 Å². The van der Waals surface area contributed by atoms with Gasteiger partial charge in [-0.15, -0.1) is 0 Å². The Hall–Kier alpha value is -0.0151. The molecule has 0 atom stereocenters. The van der Waals surface area contributed by atoms with E-state index in [1.165, 1.54) is 12.8 Å². The summed E-state index contributed by atoms with van der Waals surface area (Å²) in [6.45, 7) is 1.80. The molecule has 0 amide bonds. The first-order valence-corrected chi connectivity index (χ1v) is 4.18. The highest BCUT2D eigenvalue weighted by molar-refractivity contribution is 6.44. The molecule has 0 aromatic rings. The molecule has 1 saturated heterocycles. The van der Waals surface area contributed by atoms with Crippen LogP contribution < -0.4 is 0 Å². The van der Waals surface area contributed by atoms with Crippen LogP contribution in [0.3, 0.4) is 0 Å². The Morgan fingerprint density at radius 3 is 2.50 bits per heavy atom. The van der Waals surface area contributed by atoms with Gasteiger partial charge in [-0.05, 0) is 18.7 Å². The van der Waals surface area contributed by atoms with Gasteiger partial charge in [0.25, 0.3) is 0 Å². The molecule has 1 aliphatic carbocycles. The molecule has 0 unspecified atom stereocenters. The zero-order valence-corrected chi connectivity index (χ0v) is 6.21. The fourth-order valence-corrected chi connectivity index (χ4v) is 1.30. The van der Waals surface area contributed by atoms with Crippen LogP contribution in [0, 0.1) is 5.92 Å². The zero-order valence-electron chi connectivity index (χ0n) is 6.21. The highest BCUT2D eigenvalue weighted by Crippen LogP contribution is 2.34. The third kappa shape index (κ3) is 1.73. The quantitative estimate of drug-likeness (QED) is 0.538. The molecule has 3 heteroatoms. The van der Waals surface area contributed by atoms with E-state index in [0.717, 1.165) is 31.9 Å². The summed E-state index contributed by atoms with van der Waals surface area (Å²) in [6, 6.07) is 0. The van der Waals surface area contributed by atoms with Crippen LogP contribution in [0.2, 0.25) is 6.32 Å². The SMILES string of the molecule is C1COB(CC2CC2)OC1. The predicted octanol–water partition coefficient (Wildman–Crippen LogP) is 1.32. The second-order valence-electron chi connectivity index (χ2n) is 3.20. The van der Waals surface area contributed by atoms with E-state index in [2.05, 4.69) is 0 Å². The van der Waals surface area contributed by atoms with E-state index < -0.39 is 0 Å². The van der Waals surface area contributed by atoms with Crippen LogP contribution in [-0.2, 0) is 9.31 Å². The second-order valence-corrected chi connectivity index (χ2v) is 3.20. The van der Waals surface area contributed by atoms with Crippen molar-refractivity contribution in [3.63, 3.8) is 0 Å². The predicted molar refractivity (Wildman–Crippen MR) is 39.8 cm³/mol. The molecule has 0 aromatic carbocycles. The van der Waals surface area contributed by atoms with Gasteiger partial charge in [0.1, 0.15) is 0 Å². The maximum absolute atomic E-state index is 5.41. The largest absolute Gasteiger partial charge is 0.457 e. The van der Waals surface area contributed by atoms with Gasteiger partial charge >= 0.3 is 7.12 Å². The standard InChI is InChI=1S/C7H13BO2/c1-4-9-8(10-5-1)6-7-2-3-7/h7H,1-6H2. The Morgan fingerprint density at radius 2 is 1.90 bits per heavy atom. The zero-order chi connectivity index (χ0) is 6.81. The number of rotatable bonds is 2. The van der Waals surface area contributed by atoms with Crippen LogP contribution in [0.25, 0.3) is 0 Å². The van der Waals surface area contributed by atoms with E-state index in [9.17, 15) is 0 Å². The van der Waals surface area contributed by atoms with Crippen LogP contribution >= 0.6 is 0 Å². The summed E-state index contributed by atoms with van der Waals surface area (Å²) in [7, 11) is 0.140. The Bertz CT molecular complexity index is 108. The highest BCUT2D eigenvalue weighted by atomic mass is 16.6. The molecule has 56 valence electrons. The minimum atomic E-state index is 0.140. The van der Waals surface area contributed by atoms with Crippen LogP contribution in [0.5, 0.6) is 0 Å². The van der Waals surface area contributed by atoms with Crippen molar-refractivity contribution in [3.05, 3.63) is 0 Å². The minimum Gasteiger partial charge on any atom is -0.411 e. The second kappa shape index (κ2) is 2.93. The van der Waals surface area contributed by atoms with E-state index >= 15 is 0 Å². The maximum Gasteiger partial charge on any atom is 0.457 e. The van der Waals surface area contributed by atoms with Gasteiger partial charge in [0, 0.05) is 13.2 Å². The van der Waals surface area contributed by atoms with Gasteiger partial charge in [-0.25, -0.2) is 0 Å². The van der Waals surface area contributed by atoms with E-state index in [0.29, 0.717) is 0 Å². The van der Waals surface area contributed by atoms with Crippen LogP contribution in [-0.4, -0.2) is 20.3 Å².